The number of ether oxygens (including phenoxy) is 3. The standard InChI is InChI=1S/C14H22N2O3/c1-17-13-6-5-10(8-14(13)18-2)12(16-15)9-11-4-3-7-19-11/h5-6,8,11-12,16H,3-4,7,9,15H2,1-2H3. The van der Waals surface area contributed by atoms with Crippen LogP contribution in [0.25, 0.3) is 0 Å². The van der Waals surface area contributed by atoms with Gasteiger partial charge in [0.05, 0.1) is 20.3 Å². The van der Waals surface area contributed by atoms with Gasteiger partial charge in [-0.25, -0.2) is 0 Å². The second-order valence-corrected chi connectivity index (χ2v) is 4.70. The number of nitrogens with two attached hydrogens (primary N) is 1. The number of hydrazine groups is 1. The number of hydrogen-bond acceptors (Lipinski definition) is 5. The van der Waals surface area contributed by atoms with Gasteiger partial charge in [-0.15, -0.1) is 0 Å². The van der Waals surface area contributed by atoms with E-state index in [1.54, 1.807) is 14.2 Å². The molecule has 1 aliphatic heterocycles. The van der Waals surface area contributed by atoms with Crippen molar-refractivity contribution in [3.63, 3.8) is 0 Å². The summed E-state index contributed by atoms with van der Waals surface area (Å²) in [6.45, 7) is 0.855. The van der Waals surface area contributed by atoms with Crippen molar-refractivity contribution < 1.29 is 14.2 Å². The predicted molar refractivity (Wildman–Crippen MR) is 73.2 cm³/mol. The van der Waals surface area contributed by atoms with E-state index in [4.69, 9.17) is 20.1 Å². The van der Waals surface area contributed by atoms with Gasteiger partial charge < -0.3 is 14.2 Å². The van der Waals surface area contributed by atoms with Crippen LogP contribution in [0.3, 0.4) is 0 Å². The molecule has 3 N–H and O–H groups in total. The summed E-state index contributed by atoms with van der Waals surface area (Å²) in [7, 11) is 3.26. The van der Waals surface area contributed by atoms with E-state index < -0.39 is 0 Å². The van der Waals surface area contributed by atoms with Gasteiger partial charge >= 0.3 is 0 Å². The highest BCUT2D eigenvalue weighted by atomic mass is 16.5. The average molecular weight is 266 g/mol. The van der Waals surface area contributed by atoms with Gasteiger partial charge in [0.15, 0.2) is 11.5 Å². The maximum absolute atomic E-state index is 5.67. The molecule has 0 aliphatic carbocycles. The molecule has 0 radical (unpaired) electrons. The number of nitrogens with one attached hydrogen (secondary N) is 1. The lowest BCUT2D eigenvalue weighted by molar-refractivity contribution is 0.0945. The molecule has 1 fully saturated rings. The lowest BCUT2D eigenvalue weighted by atomic mass is 9.99. The lowest BCUT2D eigenvalue weighted by Crippen LogP contribution is -2.30. The van der Waals surface area contributed by atoms with Crippen LogP contribution in [0, 0.1) is 0 Å². The van der Waals surface area contributed by atoms with Crippen LogP contribution >= 0.6 is 0 Å². The van der Waals surface area contributed by atoms with Crippen molar-refractivity contribution >= 4 is 0 Å². The Balaban J connectivity index is 2.12. The molecule has 5 nitrogen and oxygen atoms in total. The summed E-state index contributed by atoms with van der Waals surface area (Å²) in [6, 6.07) is 5.91. The fourth-order valence-electron chi connectivity index (χ4n) is 2.46. The van der Waals surface area contributed by atoms with Crippen LogP contribution in [-0.2, 0) is 4.74 Å². The van der Waals surface area contributed by atoms with E-state index in [1.807, 2.05) is 18.2 Å². The minimum absolute atomic E-state index is 0.0582. The minimum atomic E-state index is 0.0582. The monoisotopic (exact) mass is 266 g/mol. The van der Waals surface area contributed by atoms with E-state index in [-0.39, 0.29) is 12.1 Å². The van der Waals surface area contributed by atoms with Crippen LogP contribution in [0.4, 0.5) is 0 Å². The molecule has 106 valence electrons. The summed E-state index contributed by atoms with van der Waals surface area (Å²) in [6.07, 6.45) is 3.39. The highest BCUT2D eigenvalue weighted by Gasteiger charge is 2.22. The number of benzene rings is 1. The fraction of sp³-hybridized carbons (Fsp3) is 0.571. The maximum atomic E-state index is 5.67. The fourth-order valence-corrected chi connectivity index (χ4v) is 2.46. The van der Waals surface area contributed by atoms with E-state index in [9.17, 15) is 0 Å². The normalized spacial score (nSPS) is 20.3. The van der Waals surface area contributed by atoms with Crippen LogP contribution in [-0.4, -0.2) is 26.9 Å². The molecule has 1 aliphatic rings. The van der Waals surface area contributed by atoms with E-state index in [0.29, 0.717) is 5.75 Å². The highest BCUT2D eigenvalue weighted by molar-refractivity contribution is 5.43. The molecule has 1 aromatic carbocycles. The molecular formula is C14H22N2O3. The van der Waals surface area contributed by atoms with Gasteiger partial charge in [-0.3, -0.25) is 11.3 Å². The molecule has 0 spiro atoms. The summed E-state index contributed by atoms with van der Waals surface area (Å²) in [5.74, 6) is 7.10. The van der Waals surface area contributed by atoms with Crippen LogP contribution in [0.1, 0.15) is 30.9 Å². The van der Waals surface area contributed by atoms with Crippen LogP contribution < -0.4 is 20.7 Å². The second kappa shape index (κ2) is 6.75. The molecule has 19 heavy (non-hydrogen) atoms. The summed E-state index contributed by atoms with van der Waals surface area (Å²) in [4.78, 5) is 0. The number of rotatable bonds is 6. The smallest absolute Gasteiger partial charge is 0.161 e. The molecule has 2 unspecified atom stereocenters. The molecule has 0 bridgehead atoms. The molecule has 2 rings (SSSR count). The molecular weight excluding hydrogens is 244 g/mol. The Hall–Kier alpha value is -1.30. The Morgan fingerprint density at radius 3 is 2.74 bits per heavy atom. The van der Waals surface area contributed by atoms with Crippen LogP contribution in [0.5, 0.6) is 11.5 Å². The third-order valence-electron chi connectivity index (χ3n) is 3.53. The van der Waals surface area contributed by atoms with Crippen molar-refractivity contribution in [2.75, 3.05) is 20.8 Å². The molecule has 0 aromatic heterocycles. The molecule has 5 heteroatoms. The van der Waals surface area contributed by atoms with Gasteiger partial charge in [0, 0.05) is 12.6 Å². The zero-order chi connectivity index (χ0) is 13.7. The second-order valence-electron chi connectivity index (χ2n) is 4.70. The third-order valence-corrected chi connectivity index (χ3v) is 3.53. The van der Waals surface area contributed by atoms with Crippen LogP contribution in [0.15, 0.2) is 18.2 Å². The SMILES string of the molecule is COc1ccc(C(CC2CCCO2)NN)cc1OC. The first-order valence-electron chi connectivity index (χ1n) is 6.58. The van der Waals surface area contributed by atoms with Gasteiger partial charge in [0.25, 0.3) is 0 Å². The average Bonchev–Trinajstić information content (AvgIpc) is 2.97. The molecule has 1 saturated heterocycles. The van der Waals surface area contributed by atoms with E-state index in [2.05, 4.69) is 5.43 Å². The van der Waals surface area contributed by atoms with Crippen molar-refractivity contribution in [2.45, 2.75) is 31.4 Å². The first kappa shape index (κ1) is 14.1. The van der Waals surface area contributed by atoms with Crippen molar-refractivity contribution in [3.8, 4) is 11.5 Å². The Kier molecular flexibility index (Phi) is 5.01. The highest BCUT2D eigenvalue weighted by Crippen LogP contribution is 2.32. The summed E-state index contributed by atoms with van der Waals surface area (Å²) in [5.41, 5.74) is 3.94. The van der Waals surface area contributed by atoms with Crippen molar-refractivity contribution in [1.82, 2.24) is 5.43 Å². The number of hydrogen-bond donors (Lipinski definition) is 2. The molecule has 0 amide bonds. The van der Waals surface area contributed by atoms with E-state index >= 15 is 0 Å². The van der Waals surface area contributed by atoms with Crippen molar-refractivity contribution in [3.05, 3.63) is 23.8 Å². The molecule has 2 atom stereocenters. The van der Waals surface area contributed by atoms with E-state index in [0.717, 1.165) is 37.2 Å². The first-order valence-corrected chi connectivity index (χ1v) is 6.58. The Bertz CT molecular complexity index is 406. The van der Waals surface area contributed by atoms with Gasteiger partial charge in [-0.2, -0.15) is 0 Å². The zero-order valence-electron chi connectivity index (χ0n) is 11.5. The first-order chi connectivity index (χ1) is 9.28. The molecule has 1 aromatic rings. The topological polar surface area (TPSA) is 65.7 Å². The Labute approximate surface area is 114 Å². The van der Waals surface area contributed by atoms with Crippen molar-refractivity contribution in [2.24, 2.45) is 5.84 Å². The summed E-state index contributed by atoms with van der Waals surface area (Å²) < 4.78 is 16.2. The summed E-state index contributed by atoms with van der Waals surface area (Å²) >= 11 is 0. The summed E-state index contributed by atoms with van der Waals surface area (Å²) in [5, 5.41) is 0. The Morgan fingerprint density at radius 2 is 2.16 bits per heavy atom. The minimum Gasteiger partial charge on any atom is -0.493 e. The predicted octanol–water partition coefficient (Wildman–Crippen LogP) is 1.78. The quantitative estimate of drug-likeness (QED) is 0.607. The third kappa shape index (κ3) is 3.37. The zero-order valence-corrected chi connectivity index (χ0v) is 11.5. The van der Waals surface area contributed by atoms with Gasteiger partial charge in [-0.1, -0.05) is 6.07 Å². The van der Waals surface area contributed by atoms with Gasteiger partial charge in [0.1, 0.15) is 0 Å². The molecule has 1 heterocycles. The van der Waals surface area contributed by atoms with E-state index in [1.165, 1.54) is 0 Å². The van der Waals surface area contributed by atoms with Crippen molar-refractivity contribution in [1.29, 1.82) is 0 Å². The van der Waals surface area contributed by atoms with Gasteiger partial charge in [-0.05, 0) is 37.0 Å². The molecule has 0 saturated carbocycles. The van der Waals surface area contributed by atoms with Gasteiger partial charge in [0.2, 0.25) is 0 Å². The number of methoxy groups -OCH3 is 2. The lowest BCUT2D eigenvalue weighted by Gasteiger charge is -2.21. The van der Waals surface area contributed by atoms with Crippen LogP contribution in [0.2, 0.25) is 0 Å². The largest absolute Gasteiger partial charge is 0.493 e. The maximum Gasteiger partial charge on any atom is 0.161 e. The Morgan fingerprint density at radius 1 is 1.37 bits per heavy atom.